The van der Waals surface area contributed by atoms with Crippen LogP contribution in [-0.4, -0.2) is 32.1 Å². The number of amides is 1. The average Bonchev–Trinajstić information content (AvgIpc) is 3.16. The highest BCUT2D eigenvalue weighted by molar-refractivity contribution is 6.14. The molecule has 24 heavy (non-hydrogen) atoms. The number of hydrogen-bond donors (Lipinski definition) is 1. The fourth-order valence-corrected chi connectivity index (χ4v) is 3.09. The zero-order chi connectivity index (χ0) is 16.7. The van der Waals surface area contributed by atoms with Crippen molar-refractivity contribution in [2.24, 2.45) is 7.05 Å². The van der Waals surface area contributed by atoms with Crippen LogP contribution in [-0.2, 0) is 13.6 Å². The first-order valence-electron chi connectivity index (χ1n) is 7.74. The number of aryl methyl sites for hydroxylation is 1. The van der Waals surface area contributed by atoms with Gasteiger partial charge < -0.3 is 14.5 Å². The van der Waals surface area contributed by atoms with Crippen molar-refractivity contribution >= 4 is 28.0 Å². The summed E-state index contributed by atoms with van der Waals surface area (Å²) < 4.78 is 3.94. The third-order valence-electron chi connectivity index (χ3n) is 4.23. The number of fused-ring (bicyclic) bond motifs is 3. The predicted molar refractivity (Wildman–Crippen MR) is 92.9 cm³/mol. The lowest BCUT2D eigenvalue weighted by Crippen LogP contribution is -2.17. The Morgan fingerprint density at radius 3 is 2.75 bits per heavy atom. The number of carbonyl (C=O) groups is 1. The Balaban J connectivity index is 2.00. The minimum Gasteiger partial charge on any atom is -0.355 e. The van der Waals surface area contributed by atoms with E-state index in [2.05, 4.69) is 27.4 Å². The van der Waals surface area contributed by atoms with Gasteiger partial charge in [0.2, 0.25) is 0 Å². The Labute approximate surface area is 138 Å². The monoisotopic (exact) mass is 319 g/mol. The Hall–Kier alpha value is -3.15. The van der Waals surface area contributed by atoms with Crippen LogP contribution >= 0.6 is 0 Å². The van der Waals surface area contributed by atoms with E-state index < -0.39 is 0 Å². The Bertz CT molecular complexity index is 1050. The number of carbonyl (C=O) groups excluding carboxylic acids is 1. The molecule has 0 fully saturated rings. The van der Waals surface area contributed by atoms with Gasteiger partial charge in [0.15, 0.2) is 0 Å². The normalized spacial score (nSPS) is 11.2. The van der Waals surface area contributed by atoms with Crippen LogP contribution in [0, 0.1) is 0 Å². The zero-order valence-electron chi connectivity index (χ0n) is 13.5. The van der Waals surface area contributed by atoms with Gasteiger partial charge in [0.25, 0.3) is 5.91 Å². The standard InChI is InChI=1S/C18H17N5O/c1-19-18(24)13-10-23(9-12-6-4-3-5-7-12)17-15(13)16-14(8-20-17)21-11-22(16)2/h3-8,10-11H,9H2,1-2H3,(H,19,24). The van der Waals surface area contributed by atoms with Crippen molar-refractivity contribution in [3.63, 3.8) is 0 Å². The van der Waals surface area contributed by atoms with Crippen molar-refractivity contribution in [1.82, 2.24) is 24.4 Å². The molecule has 0 saturated heterocycles. The highest BCUT2D eigenvalue weighted by atomic mass is 16.1. The van der Waals surface area contributed by atoms with Gasteiger partial charge in [-0.15, -0.1) is 0 Å². The Morgan fingerprint density at radius 2 is 2.00 bits per heavy atom. The van der Waals surface area contributed by atoms with Gasteiger partial charge >= 0.3 is 0 Å². The molecule has 0 atom stereocenters. The molecule has 4 aromatic rings. The van der Waals surface area contributed by atoms with Gasteiger partial charge in [-0.05, 0) is 5.56 Å². The van der Waals surface area contributed by atoms with Gasteiger partial charge in [0.1, 0.15) is 11.2 Å². The second-order valence-electron chi connectivity index (χ2n) is 5.78. The van der Waals surface area contributed by atoms with Crippen LogP contribution in [0.4, 0.5) is 0 Å². The van der Waals surface area contributed by atoms with E-state index in [1.54, 1.807) is 19.6 Å². The minimum absolute atomic E-state index is 0.123. The summed E-state index contributed by atoms with van der Waals surface area (Å²) in [7, 11) is 3.57. The van der Waals surface area contributed by atoms with Crippen LogP contribution in [0.1, 0.15) is 15.9 Å². The first kappa shape index (κ1) is 14.4. The molecular formula is C18H17N5O. The van der Waals surface area contributed by atoms with Crippen molar-refractivity contribution in [1.29, 1.82) is 0 Å². The summed E-state index contributed by atoms with van der Waals surface area (Å²) in [6, 6.07) is 10.1. The summed E-state index contributed by atoms with van der Waals surface area (Å²) in [5.41, 5.74) is 4.27. The molecule has 3 aromatic heterocycles. The molecule has 6 nitrogen and oxygen atoms in total. The van der Waals surface area contributed by atoms with Crippen molar-refractivity contribution in [2.75, 3.05) is 7.05 Å². The smallest absolute Gasteiger partial charge is 0.253 e. The predicted octanol–water partition coefficient (Wildman–Crippen LogP) is 2.33. The molecule has 1 aromatic carbocycles. The van der Waals surface area contributed by atoms with Gasteiger partial charge in [0, 0.05) is 26.8 Å². The van der Waals surface area contributed by atoms with E-state index in [0.717, 1.165) is 27.6 Å². The lowest BCUT2D eigenvalue weighted by atomic mass is 10.2. The molecule has 6 heteroatoms. The highest BCUT2D eigenvalue weighted by Gasteiger charge is 2.19. The van der Waals surface area contributed by atoms with Crippen molar-refractivity contribution in [2.45, 2.75) is 6.54 Å². The van der Waals surface area contributed by atoms with Crippen molar-refractivity contribution in [3.05, 3.63) is 60.2 Å². The topological polar surface area (TPSA) is 64.7 Å². The summed E-state index contributed by atoms with van der Waals surface area (Å²) >= 11 is 0. The molecule has 0 saturated carbocycles. The van der Waals surface area contributed by atoms with Gasteiger partial charge in [-0.2, -0.15) is 0 Å². The van der Waals surface area contributed by atoms with E-state index >= 15 is 0 Å². The number of nitrogens with one attached hydrogen (secondary N) is 1. The van der Waals surface area contributed by atoms with Crippen LogP contribution < -0.4 is 5.32 Å². The summed E-state index contributed by atoms with van der Waals surface area (Å²) in [5, 5.41) is 3.55. The summed E-state index contributed by atoms with van der Waals surface area (Å²) in [4.78, 5) is 21.3. The molecule has 0 aliphatic heterocycles. The zero-order valence-corrected chi connectivity index (χ0v) is 13.5. The molecule has 3 heterocycles. The van der Waals surface area contributed by atoms with E-state index in [1.807, 2.05) is 40.6 Å². The summed E-state index contributed by atoms with van der Waals surface area (Å²) in [6.07, 6.45) is 5.37. The van der Waals surface area contributed by atoms with E-state index in [-0.39, 0.29) is 5.91 Å². The second kappa shape index (κ2) is 5.49. The molecule has 0 aliphatic rings. The van der Waals surface area contributed by atoms with E-state index in [9.17, 15) is 4.79 Å². The minimum atomic E-state index is -0.123. The molecule has 0 bridgehead atoms. The lowest BCUT2D eigenvalue weighted by Gasteiger charge is -2.05. The number of pyridine rings is 1. The van der Waals surface area contributed by atoms with Crippen molar-refractivity contribution in [3.8, 4) is 0 Å². The molecule has 1 amide bonds. The second-order valence-corrected chi connectivity index (χ2v) is 5.78. The third kappa shape index (κ3) is 2.15. The lowest BCUT2D eigenvalue weighted by molar-refractivity contribution is 0.0964. The maximum absolute atomic E-state index is 12.4. The molecule has 0 aliphatic carbocycles. The van der Waals surface area contributed by atoms with Crippen LogP contribution in [0.2, 0.25) is 0 Å². The largest absolute Gasteiger partial charge is 0.355 e. The van der Waals surface area contributed by atoms with Gasteiger partial charge in [-0.1, -0.05) is 30.3 Å². The van der Waals surface area contributed by atoms with Crippen molar-refractivity contribution < 1.29 is 4.79 Å². The van der Waals surface area contributed by atoms with Gasteiger partial charge in [0.05, 0.1) is 29.0 Å². The fraction of sp³-hybridized carbons (Fsp3) is 0.167. The average molecular weight is 319 g/mol. The highest BCUT2D eigenvalue weighted by Crippen LogP contribution is 2.28. The molecule has 0 spiro atoms. The quantitative estimate of drug-likeness (QED) is 0.630. The van der Waals surface area contributed by atoms with Crippen LogP contribution in [0.3, 0.4) is 0 Å². The van der Waals surface area contributed by atoms with E-state index in [4.69, 9.17) is 0 Å². The number of aromatic nitrogens is 4. The van der Waals surface area contributed by atoms with Gasteiger partial charge in [-0.3, -0.25) is 4.79 Å². The summed E-state index contributed by atoms with van der Waals surface area (Å²) in [6.45, 7) is 0.657. The molecule has 0 radical (unpaired) electrons. The Morgan fingerprint density at radius 1 is 1.21 bits per heavy atom. The number of nitrogens with zero attached hydrogens (tertiary/aromatic N) is 4. The van der Waals surface area contributed by atoms with E-state index in [1.165, 1.54) is 0 Å². The first-order chi connectivity index (χ1) is 11.7. The van der Waals surface area contributed by atoms with E-state index in [0.29, 0.717) is 12.1 Å². The van der Waals surface area contributed by atoms with Crippen LogP contribution in [0.25, 0.3) is 22.1 Å². The third-order valence-corrected chi connectivity index (χ3v) is 4.23. The van der Waals surface area contributed by atoms with Gasteiger partial charge in [-0.25, -0.2) is 9.97 Å². The Kier molecular flexibility index (Phi) is 3.30. The molecular weight excluding hydrogens is 302 g/mol. The first-order valence-corrected chi connectivity index (χ1v) is 7.74. The number of benzene rings is 1. The maximum atomic E-state index is 12.4. The summed E-state index contributed by atoms with van der Waals surface area (Å²) in [5.74, 6) is -0.123. The molecule has 4 rings (SSSR count). The van der Waals surface area contributed by atoms with Crippen LogP contribution in [0.5, 0.6) is 0 Å². The number of imidazole rings is 1. The molecule has 1 N–H and O–H groups in total. The SMILES string of the molecule is CNC(=O)c1cn(Cc2ccccc2)c2ncc3ncn(C)c3c12. The number of hydrogen-bond acceptors (Lipinski definition) is 3. The molecule has 0 unspecified atom stereocenters. The molecule has 120 valence electrons. The van der Waals surface area contributed by atoms with Crippen LogP contribution in [0.15, 0.2) is 49.1 Å². The fourth-order valence-electron chi connectivity index (χ4n) is 3.09. The number of rotatable bonds is 3. The maximum Gasteiger partial charge on any atom is 0.253 e.